The first-order valence-electron chi connectivity index (χ1n) is 9.85. The van der Waals surface area contributed by atoms with Gasteiger partial charge in [0.2, 0.25) is 0 Å². The van der Waals surface area contributed by atoms with Gasteiger partial charge < -0.3 is 24.1 Å². The van der Waals surface area contributed by atoms with Crippen LogP contribution in [0.3, 0.4) is 0 Å². The number of para-hydroxylation sites is 1. The fraction of sp³-hybridized carbons (Fsp3) is 0.261. The van der Waals surface area contributed by atoms with Crippen LogP contribution in [0.4, 0.5) is 5.69 Å². The van der Waals surface area contributed by atoms with Crippen molar-refractivity contribution in [2.75, 3.05) is 32.2 Å². The van der Waals surface area contributed by atoms with Gasteiger partial charge in [-0.2, -0.15) is 0 Å². The van der Waals surface area contributed by atoms with Gasteiger partial charge in [0.15, 0.2) is 6.61 Å². The third kappa shape index (κ3) is 5.29. The number of nitrogens with one attached hydrogen (secondary N) is 1. The van der Waals surface area contributed by atoms with Crippen LogP contribution >= 0.6 is 0 Å². The van der Waals surface area contributed by atoms with E-state index in [-0.39, 0.29) is 24.3 Å². The lowest BCUT2D eigenvalue weighted by molar-refractivity contribution is -0.118. The van der Waals surface area contributed by atoms with Gasteiger partial charge >= 0.3 is 5.97 Å². The quantitative estimate of drug-likeness (QED) is 0.531. The van der Waals surface area contributed by atoms with Gasteiger partial charge in [-0.15, -0.1) is 0 Å². The molecule has 0 atom stereocenters. The number of ether oxygens (including phenoxy) is 3. The van der Waals surface area contributed by atoms with Crippen LogP contribution in [0.5, 0.6) is 5.75 Å². The molecule has 0 bridgehead atoms. The molecule has 0 aliphatic rings. The Labute approximate surface area is 179 Å². The lowest BCUT2D eigenvalue weighted by Crippen LogP contribution is -2.23. The van der Waals surface area contributed by atoms with Crippen LogP contribution in [-0.4, -0.2) is 43.4 Å². The van der Waals surface area contributed by atoms with Crippen LogP contribution in [0, 0.1) is 0 Å². The summed E-state index contributed by atoms with van der Waals surface area (Å²) < 4.78 is 17.3. The Kier molecular flexibility index (Phi) is 7.40. The van der Waals surface area contributed by atoms with E-state index in [1.54, 1.807) is 73.3 Å². The Balaban J connectivity index is 1.73. The van der Waals surface area contributed by atoms with E-state index < -0.39 is 11.9 Å². The molecule has 3 aromatic rings. The first-order chi connectivity index (χ1) is 15.0. The zero-order valence-electron chi connectivity index (χ0n) is 17.4. The molecule has 0 spiro atoms. The highest BCUT2D eigenvalue weighted by molar-refractivity contribution is 6.01. The minimum absolute atomic E-state index is 0.159. The Morgan fingerprint density at radius 3 is 2.61 bits per heavy atom. The van der Waals surface area contributed by atoms with Crippen LogP contribution in [0.25, 0.3) is 10.8 Å². The van der Waals surface area contributed by atoms with Crippen molar-refractivity contribution in [1.82, 2.24) is 4.57 Å². The second-order valence-corrected chi connectivity index (χ2v) is 6.63. The molecule has 3 rings (SSSR count). The molecule has 0 aliphatic heterocycles. The normalized spacial score (nSPS) is 10.6. The average Bonchev–Trinajstić information content (AvgIpc) is 2.78. The fourth-order valence-electron chi connectivity index (χ4n) is 3.09. The molecular weight excluding hydrogens is 400 g/mol. The van der Waals surface area contributed by atoms with E-state index in [2.05, 4.69) is 5.32 Å². The van der Waals surface area contributed by atoms with Crippen LogP contribution < -0.4 is 15.6 Å². The number of carbonyl (C=O) groups excluding carboxylic acids is 2. The van der Waals surface area contributed by atoms with E-state index in [0.29, 0.717) is 35.4 Å². The molecule has 0 radical (unpaired) electrons. The largest absolute Gasteiger partial charge is 0.483 e. The summed E-state index contributed by atoms with van der Waals surface area (Å²) in [6.07, 6.45) is 1.67. The third-order valence-corrected chi connectivity index (χ3v) is 4.57. The van der Waals surface area contributed by atoms with Crippen LogP contribution in [0.2, 0.25) is 0 Å². The van der Waals surface area contributed by atoms with E-state index in [9.17, 15) is 14.4 Å². The number of esters is 1. The van der Waals surface area contributed by atoms with Crippen molar-refractivity contribution in [3.05, 3.63) is 70.6 Å². The van der Waals surface area contributed by atoms with Crippen molar-refractivity contribution in [1.29, 1.82) is 0 Å². The smallest absolute Gasteiger partial charge is 0.340 e. The molecular formula is C23H24N2O6. The fourth-order valence-corrected chi connectivity index (χ4v) is 3.09. The summed E-state index contributed by atoms with van der Waals surface area (Å²) in [5.41, 5.74) is 0.445. The molecule has 8 nitrogen and oxygen atoms in total. The summed E-state index contributed by atoms with van der Waals surface area (Å²) in [7, 11) is 1.58. The molecule has 1 amide bonds. The summed E-state index contributed by atoms with van der Waals surface area (Å²) in [6, 6.07) is 13.5. The van der Waals surface area contributed by atoms with Crippen molar-refractivity contribution in [2.24, 2.45) is 0 Å². The number of carbonyl (C=O) groups is 2. The minimum atomic E-state index is -0.516. The summed E-state index contributed by atoms with van der Waals surface area (Å²) in [5, 5.41) is 3.77. The number of aromatic nitrogens is 1. The SMILES string of the molecule is CCOC(=O)c1ccccc1NC(=O)COc1cccc2c(=O)n(CCOC)ccc12. The summed E-state index contributed by atoms with van der Waals surface area (Å²) in [4.78, 5) is 37.1. The number of anilines is 1. The van der Waals surface area contributed by atoms with Crippen molar-refractivity contribution in [2.45, 2.75) is 13.5 Å². The number of benzene rings is 2. The second-order valence-electron chi connectivity index (χ2n) is 6.63. The Morgan fingerprint density at radius 1 is 1.03 bits per heavy atom. The van der Waals surface area contributed by atoms with Crippen molar-refractivity contribution >= 4 is 28.3 Å². The van der Waals surface area contributed by atoms with Gasteiger partial charge in [0.05, 0.1) is 29.9 Å². The first kappa shape index (κ1) is 22.0. The topological polar surface area (TPSA) is 95.9 Å². The van der Waals surface area contributed by atoms with Crippen molar-refractivity contribution < 1.29 is 23.8 Å². The highest BCUT2D eigenvalue weighted by atomic mass is 16.5. The summed E-state index contributed by atoms with van der Waals surface area (Å²) in [6.45, 7) is 2.53. The third-order valence-electron chi connectivity index (χ3n) is 4.57. The maximum atomic E-state index is 12.6. The molecule has 0 unspecified atom stereocenters. The molecule has 1 heterocycles. The maximum Gasteiger partial charge on any atom is 0.340 e. The second kappa shape index (κ2) is 10.4. The average molecular weight is 424 g/mol. The number of fused-ring (bicyclic) bond motifs is 1. The van der Waals surface area contributed by atoms with Crippen molar-refractivity contribution in [3.8, 4) is 5.75 Å². The van der Waals surface area contributed by atoms with Gasteiger partial charge in [0.25, 0.3) is 11.5 Å². The minimum Gasteiger partial charge on any atom is -0.483 e. The van der Waals surface area contributed by atoms with E-state index in [1.807, 2.05) is 0 Å². The molecule has 2 aromatic carbocycles. The number of amides is 1. The lowest BCUT2D eigenvalue weighted by Gasteiger charge is -2.13. The van der Waals surface area contributed by atoms with E-state index >= 15 is 0 Å². The number of pyridine rings is 1. The predicted octanol–water partition coefficient (Wildman–Crippen LogP) is 2.84. The lowest BCUT2D eigenvalue weighted by atomic mass is 10.1. The van der Waals surface area contributed by atoms with Gasteiger partial charge in [-0.3, -0.25) is 9.59 Å². The number of hydrogen-bond acceptors (Lipinski definition) is 6. The molecule has 8 heteroatoms. The highest BCUT2D eigenvalue weighted by Gasteiger charge is 2.15. The predicted molar refractivity (Wildman–Crippen MR) is 117 cm³/mol. The van der Waals surface area contributed by atoms with E-state index in [1.165, 1.54) is 0 Å². The number of hydrogen-bond donors (Lipinski definition) is 1. The number of nitrogens with zero attached hydrogens (tertiary/aromatic N) is 1. The molecule has 0 saturated carbocycles. The van der Waals surface area contributed by atoms with Crippen LogP contribution in [0.15, 0.2) is 59.5 Å². The highest BCUT2D eigenvalue weighted by Crippen LogP contribution is 2.23. The Morgan fingerprint density at radius 2 is 1.84 bits per heavy atom. The summed E-state index contributed by atoms with van der Waals surface area (Å²) in [5.74, 6) is -0.539. The van der Waals surface area contributed by atoms with Crippen LogP contribution in [0.1, 0.15) is 17.3 Å². The van der Waals surface area contributed by atoms with Gasteiger partial charge in [-0.05, 0) is 37.3 Å². The number of rotatable bonds is 9. The molecule has 162 valence electrons. The van der Waals surface area contributed by atoms with Crippen LogP contribution in [-0.2, 0) is 20.8 Å². The molecule has 0 aliphatic carbocycles. The number of methoxy groups -OCH3 is 1. The van der Waals surface area contributed by atoms with E-state index in [0.717, 1.165) is 0 Å². The molecule has 31 heavy (non-hydrogen) atoms. The molecule has 1 N–H and O–H groups in total. The molecule has 0 fully saturated rings. The Bertz CT molecular complexity index is 1140. The zero-order valence-corrected chi connectivity index (χ0v) is 17.4. The summed E-state index contributed by atoms with van der Waals surface area (Å²) >= 11 is 0. The van der Waals surface area contributed by atoms with Crippen molar-refractivity contribution in [3.63, 3.8) is 0 Å². The zero-order chi connectivity index (χ0) is 22.2. The van der Waals surface area contributed by atoms with Gasteiger partial charge in [0.1, 0.15) is 5.75 Å². The first-order valence-corrected chi connectivity index (χ1v) is 9.85. The molecule has 0 saturated heterocycles. The standard InChI is InChI=1S/C23H24N2O6/c1-3-30-23(28)18-7-4-5-9-19(18)24-21(26)15-31-20-10-6-8-17-16(20)11-12-25(22(17)27)13-14-29-2/h4-12H,3,13-15H2,1-2H3,(H,24,26). The molecule has 1 aromatic heterocycles. The van der Waals surface area contributed by atoms with Gasteiger partial charge in [-0.25, -0.2) is 4.79 Å². The van der Waals surface area contributed by atoms with Gasteiger partial charge in [-0.1, -0.05) is 18.2 Å². The monoisotopic (exact) mass is 424 g/mol. The van der Waals surface area contributed by atoms with E-state index in [4.69, 9.17) is 14.2 Å². The maximum absolute atomic E-state index is 12.6. The van der Waals surface area contributed by atoms with Gasteiger partial charge in [0, 0.05) is 25.2 Å². The Hall–Kier alpha value is -3.65.